The van der Waals surface area contributed by atoms with E-state index in [1.807, 2.05) is 0 Å². The van der Waals surface area contributed by atoms with Crippen LogP contribution in [-0.4, -0.2) is 30.6 Å². The van der Waals surface area contributed by atoms with Crippen LogP contribution in [0.1, 0.15) is 24.4 Å². The van der Waals surface area contributed by atoms with Crippen LogP contribution in [0.15, 0.2) is 38.7 Å². The quantitative estimate of drug-likeness (QED) is 0.239. The predicted octanol–water partition coefficient (Wildman–Crippen LogP) is 2.75. The zero-order valence-corrected chi connectivity index (χ0v) is 16.6. The molecule has 0 aliphatic carbocycles. The molecule has 3 N–H and O–H groups in total. The fourth-order valence-electron chi connectivity index (χ4n) is 2.34. The van der Waals surface area contributed by atoms with E-state index in [2.05, 4.69) is 46.3 Å². The fourth-order valence-corrected chi connectivity index (χ4v) is 2.72. The highest BCUT2D eigenvalue weighted by Crippen LogP contribution is 2.23. The summed E-state index contributed by atoms with van der Waals surface area (Å²) in [7, 11) is 1.48. The number of anilines is 2. The number of nitrogens with one attached hydrogen (secondary N) is 1. The monoisotopic (exact) mass is 468 g/mol. The summed E-state index contributed by atoms with van der Waals surface area (Å²) in [6.07, 6.45) is 0.605. The van der Waals surface area contributed by atoms with Gasteiger partial charge in [0.1, 0.15) is 12.0 Å². The molecule has 14 heteroatoms. The molecule has 0 radical (unpaired) electrons. The van der Waals surface area contributed by atoms with E-state index in [-0.39, 0.29) is 27.8 Å². The van der Waals surface area contributed by atoms with Crippen LogP contribution in [0.4, 0.5) is 21.8 Å². The Bertz CT molecular complexity index is 1080. The number of nitrogens with two attached hydrogens (primary N) is 1. The third-order valence-electron chi connectivity index (χ3n) is 3.80. The highest BCUT2D eigenvalue weighted by Gasteiger charge is 2.24. The summed E-state index contributed by atoms with van der Waals surface area (Å²) >= 11 is 3.09. The summed E-state index contributed by atoms with van der Waals surface area (Å²) < 4.78 is 19.6. The van der Waals surface area contributed by atoms with Crippen molar-refractivity contribution in [3.63, 3.8) is 0 Å². The lowest BCUT2D eigenvalue weighted by molar-refractivity contribution is -0.396. The molecule has 3 aromatic rings. The molecule has 0 aliphatic rings. The van der Waals surface area contributed by atoms with Crippen molar-refractivity contribution in [3.05, 3.63) is 56.2 Å². The molecule has 0 spiro atoms. The summed E-state index contributed by atoms with van der Waals surface area (Å²) in [6, 6.07) is 4.18. The SMILES string of the molecule is CC(O/N=C(\Nc1ccc(F)c(Br)c1)c1nonc1N)c1cnc([N+](=O)[O-])n1C. The van der Waals surface area contributed by atoms with Gasteiger partial charge in [0, 0.05) is 5.69 Å². The molecule has 29 heavy (non-hydrogen) atoms. The number of imidazole rings is 1. The van der Waals surface area contributed by atoms with E-state index in [0.29, 0.717) is 11.4 Å². The van der Waals surface area contributed by atoms with E-state index >= 15 is 0 Å². The number of hydrogen-bond acceptors (Lipinski definition) is 9. The number of nitrogens with zero attached hydrogens (tertiary/aromatic N) is 6. The Morgan fingerprint density at radius 2 is 2.28 bits per heavy atom. The molecule has 2 aromatic heterocycles. The average molecular weight is 469 g/mol. The zero-order chi connectivity index (χ0) is 21.1. The van der Waals surface area contributed by atoms with E-state index in [4.69, 9.17) is 10.6 Å². The van der Waals surface area contributed by atoms with Crippen molar-refractivity contribution >= 4 is 39.2 Å². The average Bonchev–Trinajstić information content (AvgIpc) is 3.27. The van der Waals surface area contributed by atoms with Gasteiger partial charge in [-0.05, 0) is 56.3 Å². The van der Waals surface area contributed by atoms with Gasteiger partial charge in [-0.2, -0.15) is 0 Å². The molecule has 2 heterocycles. The van der Waals surface area contributed by atoms with Crippen LogP contribution < -0.4 is 11.1 Å². The van der Waals surface area contributed by atoms with Gasteiger partial charge in [-0.15, -0.1) is 0 Å². The van der Waals surface area contributed by atoms with Gasteiger partial charge in [-0.25, -0.2) is 13.6 Å². The molecule has 0 saturated carbocycles. The molecular formula is C15H14BrFN8O4. The molecule has 12 nitrogen and oxygen atoms in total. The standard InChI is InChI=1S/C15H14BrFN8O4/c1-7(11-6-19-15(24(11)2)25(26)27)28-23-14(12-13(18)22-29-21-12)20-8-3-4-10(17)9(16)5-8/h3-7H,1-2H3,(H2,18,22)(H,20,23). The first-order valence-corrected chi connectivity index (χ1v) is 8.77. The van der Waals surface area contributed by atoms with Gasteiger partial charge in [-0.3, -0.25) is 0 Å². The summed E-state index contributed by atoms with van der Waals surface area (Å²) in [6.45, 7) is 1.63. The maximum absolute atomic E-state index is 13.5. The Balaban J connectivity index is 1.88. The minimum atomic E-state index is -0.709. The van der Waals surface area contributed by atoms with E-state index in [0.717, 1.165) is 0 Å². The van der Waals surface area contributed by atoms with Crippen LogP contribution >= 0.6 is 15.9 Å². The normalized spacial score (nSPS) is 12.6. The van der Waals surface area contributed by atoms with Gasteiger partial charge in [0.15, 0.2) is 23.3 Å². The third-order valence-corrected chi connectivity index (χ3v) is 4.41. The number of amidine groups is 1. The summed E-state index contributed by atoms with van der Waals surface area (Å²) in [5.74, 6) is -0.797. The molecule has 3 rings (SSSR count). The van der Waals surface area contributed by atoms with Gasteiger partial charge in [0.05, 0.1) is 11.5 Å². The Morgan fingerprint density at radius 3 is 2.86 bits per heavy atom. The number of oxime groups is 1. The maximum Gasteiger partial charge on any atom is 0.434 e. The van der Waals surface area contributed by atoms with Crippen molar-refractivity contribution in [1.82, 2.24) is 19.9 Å². The molecule has 0 saturated heterocycles. The fraction of sp³-hybridized carbons (Fsp3) is 0.200. The van der Waals surface area contributed by atoms with E-state index in [1.165, 1.54) is 36.0 Å². The molecular weight excluding hydrogens is 455 g/mol. The lowest BCUT2D eigenvalue weighted by Crippen LogP contribution is -2.17. The van der Waals surface area contributed by atoms with Crippen LogP contribution in [0.25, 0.3) is 0 Å². The maximum atomic E-state index is 13.5. The van der Waals surface area contributed by atoms with Crippen molar-refractivity contribution in [3.8, 4) is 0 Å². The summed E-state index contributed by atoms with van der Waals surface area (Å²) in [5, 5.41) is 25.0. The Hall–Kier alpha value is -3.55. The van der Waals surface area contributed by atoms with Crippen molar-refractivity contribution in [2.75, 3.05) is 11.1 Å². The second kappa shape index (κ2) is 8.22. The number of nitrogen functional groups attached to an aromatic ring is 1. The summed E-state index contributed by atoms with van der Waals surface area (Å²) in [5.41, 5.74) is 6.65. The lowest BCUT2D eigenvalue weighted by Gasteiger charge is -2.11. The molecule has 0 amide bonds. The Morgan fingerprint density at radius 1 is 1.52 bits per heavy atom. The van der Waals surface area contributed by atoms with Crippen LogP contribution in [-0.2, 0) is 11.9 Å². The van der Waals surface area contributed by atoms with Crippen molar-refractivity contribution in [1.29, 1.82) is 0 Å². The second-order valence-electron chi connectivity index (χ2n) is 5.74. The highest BCUT2D eigenvalue weighted by molar-refractivity contribution is 9.10. The smallest absolute Gasteiger partial charge is 0.390 e. The predicted molar refractivity (Wildman–Crippen MR) is 102 cm³/mol. The molecule has 0 fully saturated rings. The van der Waals surface area contributed by atoms with E-state index in [9.17, 15) is 14.5 Å². The van der Waals surface area contributed by atoms with Crippen LogP contribution in [0, 0.1) is 15.9 Å². The number of benzene rings is 1. The first kappa shape index (κ1) is 20.2. The number of hydrogen-bond donors (Lipinski definition) is 2. The third kappa shape index (κ3) is 4.31. The van der Waals surface area contributed by atoms with Gasteiger partial charge >= 0.3 is 5.95 Å². The van der Waals surface area contributed by atoms with Gasteiger partial charge in [0.2, 0.25) is 5.84 Å². The number of halogens is 2. The van der Waals surface area contributed by atoms with Crippen LogP contribution in [0.2, 0.25) is 0 Å². The molecule has 152 valence electrons. The lowest BCUT2D eigenvalue weighted by atomic mass is 10.3. The number of nitro groups is 1. The number of rotatable bonds is 6. The van der Waals surface area contributed by atoms with Crippen LogP contribution in [0.3, 0.4) is 0 Å². The molecule has 1 aromatic carbocycles. The van der Waals surface area contributed by atoms with Crippen molar-refractivity contribution < 1.29 is 18.8 Å². The van der Waals surface area contributed by atoms with Crippen molar-refractivity contribution in [2.45, 2.75) is 13.0 Å². The molecule has 0 bridgehead atoms. The van der Waals surface area contributed by atoms with Gasteiger partial charge in [-0.1, -0.05) is 10.1 Å². The first-order valence-electron chi connectivity index (χ1n) is 7.98. The minimum Gasteiger partial charge on any atom is -0.390 e. The largest absolute Gasteiger partial charge is 0.434 e. The Kier molecular flexibility index (Phi) is 5.72. The van der Waals surface area contributed by atoms with Gasteiger partial charge in [0.25, 0.3) is 0 Å². The van der Waals surface area contributed by atoms with E-state index in [1.54, 1.807) is 6.92 Å². The topological polar surface area (TPSA) is 160 Å². The summed E-state index contributed by atoms with van der Waals surface area (Å²) in [4.78, 5) is 19.5. The molecule has 1 atom stereocenters. The van der Waals surface area contributed by atoms with E-state index < -0.39 is 16.8 Å². The van der Waals surface area contributed by atoms with Crippen LogP contribution in [0.5, 0.6) is 0 Å². The van der Waals surface area contributed by atoms with Gasteiger partial charge < -0.3 is 26.0 Å². The zero-order valence-electron chi connectivity index (χ0n) is 15.0. The molecule has 0 aliphatic heterocycles. The number of aromatic nitrogens is 4. The first-order chi connectivity index (χ1) is 13.8. The minimum absolute atomic E-state index is 0.0331. The second-order valence-corrected chi connectivity index (χ2v) is 6.59. The van der Waals surface area contributed by atoms with Crippen molar-refractivity contribution in [2.24, 2.45) is 12.2 Å². The molecule has 1 unspecified atom stereocenters. The Labute approximate surface area is 170 Å². The highest BCUT2D eigenvalue weighted by atomic mass is 79.9.